The largest absolute Gasteiger partial charge is 0.381 e. The minimum atomic E-state index is -0.812. The minimum absolute atomic E-state index is 0. The Morgan fingerprint density at radius 1 is 1.08 bits per heavy atom. The van der Waals surface area contributed by atoms with Crippen LogP contribution in [-0.4, -0.2) is 66.5 Å². The van der Waals surface area contributed by atoms with E-state index in [0.717, 1.165) is 12.0 Å². The number of aryl methyl sites for hydroxylation is 1. The van der Waals surface area contributed by atoms with Gasteiger partial charge in [0.25, 0.3) is 5.91 Å². The van der Waals surface area contributed by atoms with Crippen molar-refractivity contribution in [3.63, 3.8) is 0 Å². The molecule has 6 nitrogen and oxygen atoms in total. The van der Waals surface area contributed by atoms with Crippen LogP contribution in [0.15, 0.2) is 24.3 Å². The Kier molecular flexibility index (Phi) is 7.03. The summed E-state index contributed by atoms with van der Waals surface area (Å²) < 4.78 is 5.33. The van der Waals surface area contributed by atoms with E-state index in [2.05, 4.69) is 0 Å². The highest BCUT2D eigenvalue weighted by Crippen LogP contribution is 2.21. The zero-order valence-electron chi connectivity index (χ0n) is 15.3. The molecule has 0 saturated carbocycles. The summed E-state index contributed by atoms with van der Waals surface area (Å²) in [6.07, 6.45) is 1.90. The number of nitrogens with zero attached hydrogens (tertiary/aromatic N) is 2. The maximum Gasteiger partial charge on any atom is 0.253 e. The molecule has 0 unspecified atom stereocenters. The lowest BCUT2D eigenvalue weighted by Gasteiger charge is -2.36. The maximum absolute atomic E-state index is 12.9. The second-order valence-corrected chi connectivity index (χ2v) is 7.08. The van der Waals surface area contributed by atoms with Crippen molar-refractivity contribution in [2.24, 2.45) is 5.73 Å². The first-order valence-corrected chi connectivity index (χ1v) is 9.01. The van der Waals surface area contributed by atoms with Gasteiger partial charge in [-0.1, -0.05) is 17.7 Å². The molecule has 2 aliphatic heterocycles. The SMILES string of the molecule is Cc1cccc(C(=O)N2CCCN(C(=O)C3(N)CCOCC3)CC2)c1.Cl. The van der Waals surface area contributed by atoms with E-state index in [4.69, 9.17) is 10.5 Å². The average molecular weight is 382 g/mol. The Morgan fingerprint density at radius 3 is 2.42 bits per heavy atom. The van der Waals surface area contributed by atoms with E-state index in [9.17, 15) is 9.59 Å². The minimum Gasteiger partial charge on any atom is -0.381 e. The van der Waals surface area contributed by atoms with Gasteiger partial charge in [-0.05, 0) is 38.3 Å². The third-order valence-corrected chi connectivity index (χ3v) is 5.15. The van der Waals surface area contributed by atoms with Crippen LogP contribution in [0.25, 0.3) is 0 Å². The molecule has 0 atom stereocenters. The van der Waals surface area contributed by atoms with E-state index in [1.165, 1.54) is 0 Å². The summed E-state index contributed by atoms with van der Waals surface area (Å²) in [4.78, 5) is 29.3. The van der Waals surface area contributed by atoms with Gasteiger partial charge in [-0.2, -0.15) is 0 Å². The summed E-state index contributed by atoms with van der Waals surface area (Å²) in [5, 5.41) is 0. The van der Waals surface area contributed by atoms with Crippen molar-refractivity contribution in [2.75, 3.05) is 39.4 Å². The van der Waals surface area contributed by atoms with Crippen LogP contribution in [0.5, 0.6) is 0 Å². The lowest BCUT2D eigenvalue weighted by Crippen LogP contribution is -2.58. The summed E-state index contributed by atoms with van der Waals surface area (Å²) in [5.74, 6) is 0.0344. The van der Waals surface area contributed by atoms with E-state index in [-0.39, 0.29) is 24.2 Å². The van der Waals surface area contributed by atoms with Crippen molar-refractivity contribution in [2.45, 2.75) is 31.7 Å². The fourth-order valence-corrected chi connectivity index (χ4v) is 3.55. The number of hydrogen-bond donors (Lipinski definition) is 1. The average Bonchev–Trinajstić information content (AvgIpc) is 2.87. The van der Waals surface area contributed by atoms with Crippen molar-refractivity contribution in [3.8, 4) is 0 Å². The number of hydrogen-bond acceptors (Lipinski definition) is 4. The molecule has 2 fully saturated rings. The quantitative estimate of drug-likeness (QED) is 0.844. The number of benzene rings is 1. The molecule has 0 aromatic heterocycles. The molecule has 2 heterocycles. The molecule has 2 aliphatic rings. The van der Waals surface area contributed by atoms with E-state index >= 15 is 0 Å². The fourth-order valence-electron chi connectivity index (χ4n) is 3.55. The van der Waals surface area contributed by atoms with Crippen LogP contribution in [0.1, 0.15) is 35.2 Å². The molecule has 0 spiro atoms. The maximum atomic E-state index is 12.9. The van der Waals surface area contributed by atoms with Crippen LogP contribution in [0, 0.1) is 6.92 Å². The summed E-state index contributed by atoms with van der Waals surface area (Å²) in [5.41, 5.74) is 7.30. The second-order valence-electron chi connectivity index (χ2n) is 7.08. The van der Waals surface area contributed by atoms with Gasteiger partial charge >= 0.3 is 0 Å². The zero-order chi connectivity index (χ0) is 17.9. The first kappa shape index (κ1) is 20.7. The van der Waals surface area contributed by atoms with Gasteiger partial charge < -0.3 is 20.3 Å². The number of carbonyl (C=O) groups is 2. The van der Waals surface area contributed by atoms with Crippen molar-refractivity contribution in [1.29, 1.82) is 0 Å². The Labute approximate surface area is 161 Å². The molecule has 1 aromatic rings. The molecule has 0 bridgehead atoms. The van der Waals surface area contributed by atoms with Gasteiger partial charge in [0.05, 0.1) is 5.54 Å². The van der Waals surface area contributed by atoms with Crippen LogP contribution >= 0.6 is 12.4 Å². The molecule has 3 rings (SSSR count). The molecule has 0 aliphatic carbocycles. The summed E-state index contributed by atoms with van der Waals surface area (Å²) in [7, 11) is 0. The van der Waals surface area contributed by atoms with E-state index in [0.29, 0.717) is 57.8 Å². The number of rotatable bonds is 2. The molecule has 7 heteroatoms. The van der Waals surface area contributed by atoms with Crippen LogP contribution < -0.4 is 5.73 Å². The van der Waals surface area contributed by atoms with Crippen LogP contribution in [0.3, 0.4) is 0 Å². The molecule has 26 heavy (non-hydrogen) atoms. The first-order chi connectivity index (χ1) is 12.0. The van der Waals surface area contributed by atoms with Gasteiger partial charge in [-0.15, -0.1) is 12.4 Å². The van der Waals surface area contributed by atoms with Gasteiger partial charge in [0.2, 0.25) is 5.91 Å². The highest BCUT2D eigenvalue weighted by atomic mass is 35.5. The molecule has 2 amide bonds. The molecular formula is C19H28ClN3O3. The Morgan fingerprint density at radius 2 is 1.73 bits per heavy atom. The van der Waals surface area contributed by atoms with Crippen LogP contribution in [0.4, 0.5) is 0 Å². The molecule has 144 valence electrons. The Bertz CT molecular complexity index is 647. The summed E-state index contributed by atoms with van der Waals surface area (Å²) in [6, 6.07) is 7.64. The molecule has 2 saturated heterocycles. The van der Waals surface area contributed by atoms with Gasteiger partial charge in [0.15, 0.2) is 0 Å². The van der Waals surface area contributed by atoms with Crippen molar-refractivity contribution < 1.29 is 14.3 Å². The van der Waals surface area contributed by atoms with Crippen LogP contribution in [-0.2, 0) is 9.53 Å². The number of nitrogens with two attached hydrogens (primary N) is 1. The lowest BCUT2D eigenvalue weighted by molar-refractivity contribution is -0.140. The first-order valence-electron chi connectivity index (χ1n) is 9.01. The normalized spacial score (nSPS) is 20.1. The Hall–Kier alpha value is -1.63. The van der Waals surface area contributed by atoms with Gasteiger partial charge in [-0.25, -0.2) is 0 Å². The molecule has 1 aromatic carbocycles. The standard InChI is InChI=1S/C19H27N3O3.ClH/c1-15-4-2-5-16(14-15)17(23)21-8-3-9-22(11-10-21)18(24)19(20)6-12-25-13-7-19;/h2,4-5,14H,3,6-13,20H2,1H3;1H. The number of amides is 2. The molecule has 0 radical (unpaired) electrons. The second kappa shape index (κ2) is 8.84. The lowest BCUT2D eigenvalue weighted by atomic mass is 9.89. The fraction of sp³-hybridized carbons (Fsp3) is 0.579. The van der Waals surface area contributed by atoms with Crippen molar-refractivity contribution in [3.05, 3.63) is 35.4 Å². The van der Waals surface area contributed by atoms with Gasteiger partial charge in [0.1, 0.15) is 0 Å². The third kappa shape index (κ3) is 4.55. The predicted molar refractivity (Wildman–Crippen MR) is 102 cm³/mol. The van der Waals surface area contributed by atoms with E-state index < -0.39 is 5.54 Å². The molecular weight excluding hydrogens is 354 g/mol. The van der Waals surface area contributed by atoms with Crippen LogP contribution in [0.2, 0.25) is 0 Å². The van der Waals surface area contributed by atoms with E-state index in [1.807, 2.05) is 41.0 Å². The highest BCUT2D eigenvalue weighted by Gasteiger charge is 2.39. The summed E-state index contributed by atoms with van der Waals surface area (Å²) in [6.45, 7) is 5.45. The number of ether oxygens (including phenoxy) is 1. The third-order valence-electron chi connectivity index (χ3n) is 5.15. The number of halogens is 1. The summed E-state index contributed by atoms with van der Waals surface area (Å²) >= 11 is 0. The van der Waals surface area contributed by atoms with Crippen molar-refractivity contribution in [1.82, 2.24) is 9.80 Å². The zero-order valence-corrected chi connectivity index (χ0v) is 16.1. The monoisotopic (exact) mass is 381 g/mol. The smallest absolute Gasteiger partial charge is 0.253 e. The number of carbonyl (C=O) groups excluding carboxylic acids is 2. The van der Waals surface area contributed by atoms with Gasteiger partial charge in [0, 0.05) is 45.0 Å². The predicted octanol–water partition coefficient (Wildman–Crippen LogP) is 1.60. The molecule has 2 N–H and O–H groups in total. The van der Waals surface area contributed by atoms with Gasteiger partial charge in [-0.3, -0.25) is 9.59 Å². The topological polar surface area (TPSA) is 75.9 Å². The highest BCUT2D eigenvalue weighted by molar-refractivity contribution is 5.94. The van der Waals surface area contributed by atoms with E-state index in [1.54, 1.807) is 0 Å². The van der Waals surface area contributed by atoms with Crippen molar-refractivity contribution >= 4 is 24.2 Å². The Balaban J connectivity index is 0.00000243.